The van der Waals surface area contributed by atoms with E-state index in [0.717, 1.165) is 25.2 Å². The molecule has 2 N–H and O–H groups in total. The maximum absolute atomic E-state index is 11.4. The lowest BCUT2D eigenvalue weighted by Gasteiger charge is -2.07. The van der Waals surface area contributed by atoms with Gasteiger partial charge < -0.3 is 5.32 Å². The molecule has 5 heteroatoms. The van der Waals surface area contributed by atoms with Crippen molar-refractivity contribution in [3.63, 3.8) is 0 Å². The topological polar surface area (TPSA) is 62.7 Å². The number of hydrogen-bond acceptors (Lipinski definition) is 3. The van der Waals surface area contributed by atoms with Crippen LogP contribution in [0.4, 0.5) is 0 Å². The molecular formula is C9H16N4O. The van der Waals surface area contributed by atoms with Gasteiger partial charge in [-0.3, -0.25) is 4.98 Å². The van der Waals surface area contributed by atoms with Crippen LogP contribution in [0.3, 0.4) is 0 Å². The summed E-state index contributed by atoms with van der Waals surface area (Å²) in [5, 5.41) is 7.55. The summed E-state index contributed by atoms with van der Waals surface area (Å²) in [7, 11) is 0. The van der Waals surface area contributed by atoms with Crippen molar-refractivity contribution in [1.29, 1.82) is 0 Å². The Morgan fingerprint density at radius 1 is 1.64 bits per heavy atom. The number of nitrogens with zero attached hydrogens (tertiary/aromatic N) is 2. The van der Waals surface area contributed by atoms with Crippen LogP contribution >= 0.6 is 0 Å². The van der Waals surface area contributed by atoms with Crippen LogP contribution in [-0.2, 0) is 13.0 Å². The standard InChI is InChI=1S/C9H16N4O/c1-2-8-11-9(14)13(12-8)6-7-4-3-5-10-7/h7,10H,2-6H2,1H3,(H,11,12,14). The van der Waals surface area contributed by atoms with Crippen molar-refractivity contribution in [2.24, 2.45) is 0 Å². The van der Waals surface area contributed by atoms with Gasteiger partial charge in [0, 0.05) is 12.5 Å². The zero-order chi connectivity index (χ0) is 9.97. The second-order valence-electron chi connectivity index (χ2n) is 3.71. The summed E-state index contributed by atoms with van der Waals surface area (Å²) in [6.45, 7) is 3.73. The number of H-pyrrole nitrogens is 1. The highest BCUT2D eigenvalue weighted by atomic mass is 16.1. The van der Waals surface area contributed by atoms with Crippen molar-refractivity contribution < 1.29 is 0 Å². The van der Waals surface area contributed by atoms with Gasteiger partial charge in [0.1, 0.15) is 5.82 Å². The molecule has 1 aliphatic rings. The van der Waals surface area contributed by atoms with Gasteiger partial charge in [0.15, 0.2) is 0 Å². The fourth-order valence-corrected chi connectivity index (χ4v) is 1.81. The van der Waals surface area contributed by atoms with E-state index in [9.17, 15) is 4.79 Å². The van der Waals surface area contributed by atoms with Crippen LogP contribution in [-0.4, -0.2) is 27.4 Å². The predicted molar refractivity (Wildman–Crippen MR) is 53.3 cm³/mol. The molecule has 0 radical (unpaired) electrons. The molecule has 1 saturated heterocycles. The molecule has 2 rings (SSSR count). The molecule has 0 saturated carbocycles. The first-order valence-electron chi connectivity index (χ1n) is 5.19. The van der Waals surface area contributed by atoms with E-state index in [1.165, 1.54) is 11.1 Å². The highest BCUT2D eigenvalue weighted by molar-refractivity contribution is 4.83. The molecule has 14 heavy (non-hydrogen) atoms. The second kappa shape index (κ2) is 3.96. The van der Waals surface area contributed by atoms with Gasteiger partial charge in [-0.05, 0) is 19.4 Å². The molecule has 0 spiro atoms. The predicted octanol–water partition coefficient (Wildman–Crippen LogP) is -0.114. The van der Waals surface area contributed by atoms with Crippen LogP contribution in [0, 0.1) is 0 Å². The molecule has 1 fully saturated rings. The normalized spacial score (nSPS) is 21.6. The Morgan fingerprint density at radius 2 is 2.50 bits per heavy atom. The molecule has 1 aliphatic heterocycles. The summed E-state index contributed by atoms with van der Waals surface area (Å²) >= 11 is 0. The molecule has 1 aromatic rings. The van der Waals surface area contributed by atoms with E-state index < -0.39 is 0 Å². The van der Waals surface area contributed by atoms with E-state index in [-0.39, 0.29) is 5.69 Å². The molecule has 0 bridgehead atoms. The third-order valence-electron chi connectivity index (χ3n) is 2.62. The first-order valence-corrected chi connectivity index (χ1v) is 5.19. The van der Waals surface area contributed by atoms with Gasteiger partial charge in [-0.2, -0.15) is 5.10 Å². The SMILES string of the molecule is CCc1nn(CC2CCCN2)c(=O)[nH]1. The Hall–Kier alpha value is -1.10. The molecule has 1 atom stereocenters. The third kappa shape index (κ3) is 1.87. The largest absolute Gasteiger partial charge is 0.343 e. The number of aromatic nitrogens is 3. The summed E-state index contributed by atoms with van der Waals surface area (Å²) in [5.41, 5.74) is -0.0875. The van der Waals surface area contributed by atoms with Crippen molar-refractivity contribution in [3.05, 3.63) is 16.3 Å². The van der Waals surface area contributed by atoms with Crippen LogP contribution in [0.5, 0.6) is 0 Å². The van der Waals surface area contributed by atoms with E-state index >= 15 is 0 Å². The summed E-state index contributed by atoms with van der Waals surface area (Å²) in [6, 6.07) is 0.417. The summed E-state index contributed by atoms with van der Waals surface area (Å²) in [5.74, 6) is 0.771. The lowest BCUT2D eigenvalue weighted by atomic mass is 10.2. The fourth-order valence-electron chi connectivity index (χ4n) is 1.81. The molecule has 0 amide bonds. The lowest BCUT2D eigenvalue weighted by molar-refractivity contribution is 0.463. The molecular weight excluding hydrogens is 180 g/mol. The summed E-state index contributed by atoms with van der Waals surface area (Å²) in [6.07, 6.45) is 3.12. The second-order valence-corrected chi connectivity index (χ2v) is 3.71. The number of nitrogens with one attached hydrogen (secondary N) is 2. The number of rotatable bonds is 3. The van der Waals surface area contributed by atoms with E-state index in [1.54, 1.807) is 0 Å². The van der Waals surface area contributed by atoms with Crippen LogP contribution in [0.1, 0.15) is 25.6 Å². The zero-order valence-corrected chi connectivity index (χ0v) is 8.42. The van der Waals surface area contributed by atoms with Gasteiger partial charge in [0.25, 0.3) is 0 Å². The summed E-state index contributed by atoms with van der Waals surface area (Å²) < 4.78 is 1.53. The number of aromatic amines is 1. The fraction of sp³-hybridized carbons (Fsp3) is 0.778. The Labute approximate surface area is 82.5 Å². The van der Waals surface area contributed by atoms with Gasteiger partial charge in [-0.25, -0.2) is 9.48 Å². The Bertz CT molecular complexity index is 348. The van der Waals surface area contributed by atoms with Crippen LogP contribution in [0.2, 0.25) is 0 Å². The Kier molecular flexibility index (Phi) is 2.67. The highest BCUT2D eigenvalue weighted by Gasteiger charge is 2.16. The van der Waals surface area contributed by atoms with Gasteiger partial charge in [0.05, 0.1) is 6.54 Å². The van der Waals surface area contributed by atoms with E-state index in [1.807, 2.05) is 6.92 Å². The maximum Gasteiger partial charge on any atom is 0.343 e. The van der Waals surface area contributed by atoms with Crippen molar-refractivity contribution in [1.82, 2.24) is 20.1 Å². The minimum Gasteiger partial charge on any atom is -0.312 e. The van der Waals surface area contributed by atoms with Gasteiger partial charge in [-0.1, -0.05) is 6.92 Å². The van der Waals surface area contributed by atoms with E-state index in [0.29, 0.717) is 12.6 Å². The molecule has 1 aromatic heterocycles. The quantitative estimate of drug-likeness (QED) is 0.708. The van der Waals surface area contributed by atoms with Gasteiger partial charge >= 0.3 is 5.69 Å². The molecule has 0 aromatic carbocycles. The maximum atomic E-state index is 11.4. The highest BCUT2D eigenvalue weighted by Crippen LogP contribution is 2.05. The van der Waals surface area contributed by atoms with Crippen molar-refractivity contribution in [3.8, 4) is 0 Å². The van der Waals surface area contributed by atoms with Crippen LogP contribution < -0.4 is 11.0 Å². The average molecular weight is 196 g/mol. The average Bonchev–Trinajstić information content (AvgIpc) is 2.78. The van der Waals surface area contributed by atoms with Crippen molar-refractivity contribution >= 4 is 0 Å². The Morgan fingerprint density at radius 3 is 3.07 bits per heavy atom. The molecule has 0 aliphatic carbocycles. The molecule has 2 heterocycles. The monoisotopic (exact) mass is 196 g/mol. The molecule has 1 unspecified atom stereocenters. The smallest absolute Gasteiger partial charge is 0.312 e. The minimum absolute atomic E-state index is 0.0875. The first kappa shape index (κ1) is 9.45. The summed E-state index contributed by atoms with van der Waals surface area (Å²) in [4.78, 5) is 14.1. The first-order chi connectivity index (χ1) is 6.79. The lowest BCUT2D eigenvalue weighted by Crippen LogP contribution is -2.31. The zero-order valence-electron chi connectivity index (χ0n) is 8.42. The van der Waals surface area contributed by atoms with Gasteiger partial charge in [0.2, 0.25) is 0 Å². The van der Waals surface area contributed by atoms with Crippen molar-refractivity contribution in [2.75, 3.05) is 6.54 Å². The number of aryl methyl sites for hydroxylation is 1. The van der Waals surface area contributed by atoms with E-state index in [2.05, 4.69) is 15.4 Å². The van der Waals surface area contributed by atoms with Crippen LogP contribution in [0.15, 0.2) is 4.79 Å². The van der Waals surface area contributed by atoms with Crippen molar-refractivity contribution in [2.45, 2.75) is 38.8 Å². The van der Waals surface area contributed by atoms with E-state index in [4.69, 9.17) is 0 Å². The third-order valence-corrected chi connectivity index (χ3v) is 2.62. The number of hydrogen-bond donors (Lipinski definition) is 2. The molecule has 78 valence electrons. The van der Waals surface area contributed by atoms with Crippen LogP contribution in [0.25, 0.3) is 0 Å². The minimum atomic E-state index is -0.0875. The molecule has 5 nitrogen and oxygen atoms in total. The Balaban J connectivity index is 2.07. The van der Waals surface area contributed by atoms with Gasteiger partial charge in [-0.15, -0.1) is 0 Å².